The summed E-state index contributed by atoms with van der Waals surface area (Å²) in [5.74, 6) is -1.75. The van der Waals surface area contributed by atoms with Crippen LogP contribution in [0.2, 0.25) is 0 Å². The Morgan fingerprint density at radius 2 is 1.63 bits per heavy atom. The first-order valence-corrected chi connectivity index (χ1v) is 14.3. The van der Waals surface area contributed by atoms with Gasteiger partial charge in [-0.1, -0.05) is 20.3 Å². The minimum absolute atomic E-state index is 0.0703. The predicted molar refractivity (Wildman–Crippen MR) is 139 cm³/mol. The average Bonchev–Trinajstić information content (AvgIpc) is 3.35. The number of carbonyl (C=O) groups is 4. The Balaban J connectivity index is 3.03. The third-order valence-electron chi connectivity index (χ3n) is 5.60. The van der Waals surface area contributed by atoms with Crippen molar-refractivity contribution in [2.24, 2.45) is 11.7 Å². The van der Waals surface area contributed by atoms with Gasteiger partial charge in [-0.15, -0.1) is 0 Å². The topological polar surface area (TPSA) is 179 Å². The Bertz CT molecular complexity index is 810. The largest absolute Gasteiger partial charge is 0.480 e. The van der Waals surface area contributed by atoms with Gasteiger partial charge in [0.25, 0.3) is 0 Å². The molecule has 1 rings (SSSR count). The molecule has 0 aliphatic heterocycles. The lowest BCUT2D eigenvalue weighted by atomic mass is 9.98. The molecule has 0 radical (unpaired) electrons. The van der Waals surface area contributed by atoms with E-state index in [-0.39, 0.29) is 12.3 Å². The van der Waals surface area contributed by atoms with Crippen molar-refractivity contribution in [2.45, 2.75) is 63.7 Å². The van der Waals surface area contributed by atoms with Gasteiger partial charge in [0.1, 0.15) is 18.1 Å². The summed E-state index contributed by atoms with van der Waals surface area (Å²) in [6, 6.07) is -3.82. The number of carboxylic acids is 1. The molecule has 5 unspecified atom stereocenters. The standard InChI is InChI=1S/C22H38N6O5S2/c1-5-13(2)18(22(32)33)28-21(31)17(10-14-11-24-12-25-14)27-20(30)16(7-9-35-4)26-19(29)15(23)6-8-34-3/h11-13,15-18H,5-10,23H2,1-4H3,(H,24,25)(H,26,29)(H,27,30)(H,28,31)(H,32,33). The monoisotopic (exact) mass is 530 g/mol. The van der Waals surface area contributed by atoms with E-state index in [4.69, 9.17) is 5.73 Å². The number of amides is 3. The number of hydrogen-bond acceptors (Lipinski definition) is 8. The van der Waals surface area contributed by atoms with Crippen LogP contribution in [0.15, 0.2) is 12.5 Å². The van der Waals surface area contributed by atoms with E-state index in [0.29, 0.717) is 36.5 Å². The molecule has 5 atom stereocenters. The third-order valence-corrected chi connectivity index (χ3v) is 6.89. The van der Waals surface area contributed by atoms with Crippen molar-refractivity contribution in [3.05, 3.63) is 18.2 Å². The fourth-order valence-electron chi connectivity index (χ4n) is 3.19. The van der Waals surface area contributed by atoms with Gasteiger partial charge in [-0.05, 0) is 42.8 Å². The van der Waals surface area contributed by atoms with Crippen LogP contribution in [0.1, 0.15) is 38.8 Å². The van der Waals surface area contributed by atoms with Gasteiger partial charge in [-0.25, -0.2) is 9.78 Å². The summed E-state index contributed by atoms with van der Waals surface area (Å²) in [5.41, 5.74) is 6.54. The molecule has 11 nitrogen and oxygen atoms in total. The zero-order valence-corrected chi connectivity index (χ0v) is 22.3. The number of rotatable bonds is 17. The van der Waals surface area contributed by atoms with Gasteiger partial charge in [-0.3, -0.25) is 14.4 Å². The number of carbonyl (C=O) groups excluding carboxylic acids is 3. The summed E-state index contributed by atoms with van der Waals surface area (Å²) in [6.45, 7) is 3.56. The molecule has 35 heavy (non-hydrogen) atoms. The van der Waals surface area contributed by atoms with Gasteiger partial charge < -0.3 is 31.8 Å². The van der Waals surface area contributed by atoms with Crippen molar-refractivity contribution >= 4 is 47.2 Å². The molecule has 198 valence electrons. The molecular weight excluding hydrogens is 492 g/mol. The SMILES string of the molecule is CCC(C)C(NC(=O)C(Cc1cnc[nH]1)NC(=O)C(CCSC)NC(=O)C(N)CCSC)C(=O)O. The first-order chi connectivity index (χ1) is 16.6. The molecule has 0 spiro atoms. The molecule has 0 aliphatic carbocycles. The molecule has 7 N–H and O–H groups in total. The molecule has 1 heterocycles. The van der Waals surface area contributed by atoms with Gasteiger partial charge in [0.05, 0.1) is 12.4 Å². The normalized spacial score (nSPS) is 15.3. The smallest absolute Gasteiger partial charge is 0.326 e. The summed E-state index contributed by atoms with van der Waals surface area (Å²) in [6.07, 6.45) is 8.21. The predicted octanol–water partition coefficient (Wildman–Crippen LogP) is 0.371. The second kappa shape index (κ2) is 16.4. The highest BCUT2D eigenvalue weighted by molar-refractivity contribution is 7.98. The van der Waals surface area contributed by atoms with Crippen LogP contribution in [-0.4, -0.2) is 86.9 Å². The van der Waals surface area contributed by atoms with Crippen molar-refractivity contribution < 1.29 is 24.3 Å². The lowest BCUT2D eigenvalue weighted by molar-refractivity contribution is -0.143. The van der Waals surface area contributed by atoms with E-state index >= 15 is 0 Å². The first-order valence-electron chi connectivity index (χ1n) is 11.5. The Morgan fingerprint density at radius 1 is 1.03 bits per heavy atom. The summed E-state index contributed by atoms with van der Waals surface area (Å²) in [5, 5.41) is 17.5. The molecule has 0 fully saturated rings. The third kappa shape index (κ3) is 10.9. The number of thioether (sulfide) groups is 2. The van der Waals surface area contributed by atoms with E-state index in [1.54, 1.807) is 18.7 Å². The number of hydrogen-bond donors (Lipinski definition) is 6. The maximum atomic E-state index is 13.2. The summed E-state index contributed by atoms with van der Waals surface area (Å²) < 4.78 is 0. The Morgan fingerprint density at radius 3 is 2.17 bits per heavy atom. The average molecular weight is 531 g/mol. The molecule has 3 amide bonds. The van der Waals surface area contributed by atoms with Crippen LogP contribution < -0.4 is 21.7 Å². The number of nitrogens with zero attached hydrogens (tertiary/aromatic N) is 1. The van der Waals surface area contributed by atoms with Crippen LogP contribution in [0, 0.1) is 5.92 Å². The van der Waals surface area contributed by atoms with Crippen LogP contribution in [0.25, 0.3) is 0 Å². The minimum Gasteiger partial charge on any atom is -0.480 e. The van der Waals surface area contributed by atoms with Crippen LogP contribution >= 0.6 is 23.5 Å². The maximum absolute atomic E-state index is 13.2. The summed E-state index contributed by atoms with van der Waals surface area (Å²) in [4.78, 5) is 57.3. The van der Waals surface area contributed by atoms with Crippen molar-refractivity contribution in [3.8, 4) is 0 Å². The van der Waals surface area contributed by atoms with Crippen molar-refractivity contribution in [3.63, 3.8) is 0 Å². The fraction of sp³-hybridized carbons (Fsp3) is 0.682. The second-order valence-corrected chi connectivity index (χ2v) is 10.3. The maximum Gasteiger partial charge on any atom is 0.326 e. The number of nitrogens with two attached hydrogens (primary N) is 1. The van der Waals surface area contributed by atoms with E-state index in [9.17, 15) is 24.3 Å². The van der Waals surface area contributed by atoms with Crippen LogP contribution in [0.5, 0.6) is 0 Å². The van der Waals surface area contributed by atoms with E-state index in [1.807, 2.05) is 19.4 Å². The Labute approximate surface area is 214 Å². The lowest BCUT2D eigenvalue weighted by Crippen LogP contribution is -2.58. The molecule has 1 aromatic rings. The number of aromatic amines is 1. The van der Waals surface area contributed by atoms with Crippen LogP contribution in [-0.2, 0) is 25.6 Å². The number of H-pyrrole nitrogens is 1. The van der Waals surface area contributed by atoms with E-state index in [1.165, 1.54) is 24.3 Å². The van der Waals surface area contributed by atoms with Gasteiger partial charge in [0.15, 0.2) is 0 Å². The Kier molecular flexibility index (Phi) is 14.4. The number of carboxylic acid groups (broad SMARTS) is 1. The van der Waals surface area contributed by atoms with Crippen molar-refractivity contribution in [1.82, 2.24) is 25.9 Å². The fourth-order valence-corrected chi connectivity index (χ4v) is 4.15. The molecule has 0 bridgehead atoms. The minimum atomic E-state index is -1.15. The van der Waals surface area contributed by atoms with E-state index in [2.05, 4.69) is 25.9 Å². The molecule has 0 saturated carbocycles. The van der Waals surface area contributed by atoms with Gasteiger partial charge >= 0.3 is 5.97 Å². The lowest BCUT2D eigenvalue weighted by Gasteiger charge is -2.26. The molecule has 0 aromatic carbocycles. The van der Waals surface area contributed by atoms with Crippen molar-refractivity contribution in [1.29, 1.82) is 0 Å². The number of aromatic nitrogens is 2. The molecule has 13 heteroatoms. The molecular formula is C22H38N6O5S2. The highest BCUT2D eigenvalue weighted by Gasteiger charge is 2.32. The van der Waals surface area contributed by atoms with Gasteiger partial charge in [0.2, 0.25) is 17.7 Å². The number of aliphatic carboxylic acids is 1. The highest BCUT2D eigenvalue weighted by Crippen LogP contribution is 2.10. The molecule has 1 aromatic heterocycles. The summed E-state index contributed by atoms with van der Waals surface area (Å²) >= 11 is 3.09. The Hall–Kier alpha value is -2.25. The van der Waals surface area contributed by atoms with Crippen LogP contribution in [0.3, 0.4) is 0 Å². The van der Waals surface area contributed by atoms with Gasteiger partial charge in [-0.2, -0.15) is 23.5 Å². The van der Waals surface area contributed by atoms with Crippen molar-refractivity contribution in [2.75, 3.05) is 24.0 Å². The summed E-state index contributed by atoms with van der Waals surface area (Å²) in [7, 11) is 0. The van der Waals surface area contributed by atoms with E-state index in [0.717, 1.165) is 0 Å². The molecule has 0 saturated heterocycles. The second-order valence-electron chi connectivity index (χ2n) is 8.28. The highest BCUT2D eigenvalue weighted by atomic mass is 32.2. The number of nitrogens with one attached hydrogen (secondary N) is 4. The first kappa shape index (κ1) is 30.8. The van der Waals surface area contributed by atoms with E-state index < -0.39 is 47.9 Å². The molecule has 0 aliphatic rings. The number of imidazole rings is 1. The zero-order chi connectivity index (χ0) is 26.4. The van der Waals surface area contributed by atoms with Crippen LogP contribution in [0.4, 0.5) is 0 Å². The van der Waals surface area contributed by atoms with Gasteiger partial charge in [0, 0.05) is 18.3 Å². The zero-order valence-electron chi connectivity index (χ0n) is 20.7. The quantitative estimate of drug-likeness (QED) is 0.166.